The molecule has 2 aromatic rings. The van der Waals surface area contributed by atoms with E-state index in [9.17, 15) is 4.79 Å². The van der Waals surface area contributed by atoms with Crippen molar-refractivity contribution in [1.82, 2.24) is 9.88 Å². The van der Waals surface area contributed by atoms with Crippen LogP contribution in [0.25, 0.3) is 10.6 Å². The second kappa shape index (κ2) is 6.21. The number of carbonyl (C=O) groups is 1. The van der Waals surface area contributed by atoms with Crippen molar-refractivity contribution in [3.63, 3.8) is 0 Å². The van der Waals surface area contributed by atoms with Crippen LogP contribution in [0.3, 0.4) is 0 Å². The van der Waals surface area contributed by atoms with Gasteiger partial charge in [0.1, 0.15) is 5.01 Å². The summed E-state index contributed by atoms with van der Waals surface area (Å²) in [6.07, 6.45) is 2.71. The van der Waals surface area contributed by atoms with E-state index in [0.717, 1.165) is 29.1 Å². The van der Waals surface area contributed by atoms with Crippen molar-refractivity contribution >= 4 is 17.2 Å². The number of hydrogen-bond donors (Lipinski definition) is 0. The van der Waals surface area contributed by atoms with E-state index in [2.05, 4.69) is 50.0 Å². The van der Waals surface area contributed by atoms with Crippen LogP contribution < -0.4 is 0 Å². The van der Waals surface area contributed by atoms with E-state index in [1.54, 1.807) is 11.3 Å². The number of hydrogen-bond acceptors (Lipinski definition) is 3. The standard InChI is InChI=1S/C18H22N2OS/c1-12(2)20(16-8-9-16)17(21)10-15-11-22-18(19-15)14-6-4-13(3)5-7-14/h4-7,11-12,16H,8-10H2,1-3H3. The summed E-state index contributed by atoms with van der Waals surface area (Å²) in [4.78, 5) is 19.2. The topological polar surface area (TPSA) is 33.2 Å². The molecule has 0 unspecified atom stereocenters. The second-order valence-electron chi connectivity index (χ2n) is 6.31. The van der Waals surface area contributed by atoms with E-state index in [0.29, 0.717) is 12.5 Å². The SMILES string of the molecule is Cc1ccc(-c2nc(CC(=O)N(C(C)C)C3CC3)cs2)cc1. The molecule has 116 valence electrons. The molecule has 1 aromatic carbocycles. The average Bonchev–Trinajstić information content (AvgIpc) is 3.18. The summed E-state index contributed by atoms with van der Waals surface area (Å²) in [6, 6.07) is 9.09. The molecule has 0 spiro atoms. The molecule has 0 radical (unpaired) electrons. The van der Waals surface area contributed by atoms with Crippen molar-refractivity contribution in [3.8, 4) is 10.6 Å². The highest BCUT2D eigenvalue weighted by Gasteiger charge is 2.34. The van der Waals surface area contributed by atoms with Gasteiger partial charge in [0.15, 0.2) is 0 Å². The summed E-state index contributed by atoms with van der Waals surface area (Å²) in [5, 5.41) is 3.00. The highest BCUT2D eigenvalue weighted by molar-refractivity contribution is 7.13. The van der Waals surface area contributed by atoms with Gasteiger partial charge < -0.3 is 4.90 Å². The zero-order valence-electron chi connectivity index (χ0n) is 13.4. The molecule has 4 heteroatoms. The van der Waals surface area contributed by atoms with Crippen molar-refractivity contribution in [3.05, 3.63) is 40.9 Å². The van der Waals surface area contributed by atoms with E-state index in [-0.39, 0.29) is 11.9 Å². The van der Waals surface area contributed by atoms with Crippen LogP contribution in [0.2, 0.25) is 0 Å². The molecule has 0 saturated heterocycles. The van der Waals surface area contributed by atoms with E-state index in [1.807, 2.05) is 10.3 Å². The van der Waals surface area contributed by atoms with Crippen LogP contribution in [-0.2, 0) is 11.2 Å². The Morgan fingerprint density at radius 3 is 2.59 bits per heavy atom. The fraction of sp³-hybridized carbons (Fsp3) is 0.444. The summed E-state index contributed by atoms with van der Waals surface area (Å²) in [7, 11) is 0. The van der Waals surface area contributed by atoms with Crippen molar-refractivity contribution in [2.45, 2.75) is 52.1 Å². The lowest BCUT2D eigenvalue weighted by atomic mass is 10.2. The molecule has 3 nitrogen and oxygen atoms in total. The van der Waals surface area contributed by atoms with E-state index < -0.39 is 0 Å². The summed E-state index contributed by atoms with van der Waals surface area (Å²) >= 11 is 1.61. The van der Waals surface area contributed by atoms with Crippen molar-refractivity contribution < 1.29 is 4.79 Å². The van der Waals surface area contributed by atoms with Gasteiger partial charge in [0.2, 0.25) is 5.91 Å². The van der Waals surface area contributed by atoms with Gasteiger partial charge >= 0.3 is 0 Å². The number of benzene rings is 1. The number of nitrogens with zero attached hydrogens (tertiary/aromatic N) is 2. The predicted octanol–water partition coefficient (Wildman–Crippen LogP) is 4.06. The fourth-order valence-electron chi connectivity index (χ4n) is 2.73. The molecule has 1 aromatic heterocycles. The normalized spacial score (nSPS) is 14.4. The van der Waals surface area contributed by atoms with Gasteiger partial charge in [-0.3, -0.25) is 4.79 Å². The number of thiazole rings is 1. The van der Waals surface area contributed by atoms with Crippen molar-refractivity contribution in [2.24, 2.45) is 0 Å². The molecule has 1 fully saturated rings. The first kappa shape index (κ1) is 15.2. The zero-order chi connectivity index (χ0) is 15.7. The number of aryl methyl sites for hydroxylation is 1. The number of aromatic nitrogens is 1. The molecule has 22 heavy (non-hydrogen) atoms. The first-order valence-electron chi connectivity index (χ1n) is 7.87. The Hall–Kier alpha value is -1.68. The minimum absolute atomic E-state index is 0.207. The highest BCUT2D eigenvalue weighted by atomic mass is 32.1. The Kier molecular flexibility index (Phi) is 4.30. The van der Waals surface area contributed by atoms with Crippen LogP contribution in [-0.4, -0.2) is 27.9 Å². The summed E-state index contributed by atoms with van der Waals surface area (Å²) in [5.41, 5.74) is 3.25. The van der Waals surface area contributed by atoms with Gasteiger partial charge in [-0.25, -0.2) is 4.98 Å². The molecule has 0 bridgehead atoms. The summed E-state index contributed by atoms with van der Waals surface area (Å²) in [6.45, 7) is 6.26. The van der Waals surface area contributed by atoms with Gasteiger partial charge in [0.05, 0.1) is 12.1 Å². The number of carbonyl (C=O) groups excluding carboxylic acids is 1. The van der Waals surface area contributed by atoms with Gasteiger partial charge in [-0.15, -0.1) is 11.3 Å². The average molecular weight is 314 g/mol. The van der Waals surface area contributed by atoms with Gasteiger partial charge in [-0.2, -0.15) is 0 Å². The van der Waals surface area contributed by atoms with E-state index in [1.165, 1.54) is 5.56 Å². The van der Waals surface area contributed by atoms with Gasteiger partial charge in [-0.1, -0.05) is 29.8 Å². The number of amides is 1. The smallest absolute Gasteiger partial charge is 0.229 e. The van der Waals surface area contributed by atoms with Crippen molar-refractivity contribution in [2.75, 3.05) is 0 Å². The van der Waals surface area contributed by atoms with Crippen LogP contribution in [0.1, 0.15) is 37.9 Å². The Bertz CT molecular complexity index is 654. The molecular weight excluding hydrogens is 292 g/mol. The molecule has 1 heterocycles. The molecule has 0 atom stereocenters. The lowest BCUT2D eigenvalue weighted by Gasteiger charge is -2.26. The van der Waals surface area contributed by atoms with Crippen LogP contribution in [0.15, 0.2) is 29.6 Å². The third-order valence-electron chi connectivity index (χ3n) is 3.97. The van der Waals surface area contributed by atoms with Crippen LogP contribution in [0.4, 0.5) is 0 Å². The molecule has 0 aliphatic heterocycles. The highest BCUT2D eigenvalue weighted by Crippen LogP contribution is 2.30. The third kappa shape index (κ3) is 3.38. The predicted molar refractivity (Wildman–Crippen MR) is 91.0 cm³/mol. The lowest BCUT2D eigenvalue weighted by molar-refractivity contribution is -0.132. The molecule has 3 rings (SSSR count). The fourth-order valence-corrected chi connectivity index (χ4v) is 3.55. The molecule has 1 aliphatic rings. The zero-order valence-corrected chi connectivity index (χ0v) is 14.2. The lowest BCUT2D eigenvalue weighted by Crippen LogP contribution is -2.39. The Balaban J connectivity index is 1.71. The molecule has 0 N–H and O–H groups in total. The molecule has 1 amide bonds. The van der Waals surface area contributed by atoms with Gasteiger partial charge in [-0.05, 0) is 33.6 Å². The monoisotopic (exact) mass is 314 g/mol. The minimum atomic E-state index is 0.207. The minimum Gasteiger partial charge on any atom is -0.337 e. The number of rotatable bonds is 5. The molecule has 1 saturated carbocycles. The summed E-state index contributed by atoms with van der Waals surface area (Å²) < 4.78 is 0. The maximum absolute atomic E-state index is 12.5. The Labute approximate surface area is 136 Å². The van der Waals surface area contributed by atoms with E-state index in [4.69, 9.17) is 0 Å². The maximum Gasteiger partial charge on any atom is 0.229 e. The van der Waals surface area contributed by atoms with Gasteiger partial charge in [0, 0.05) is 23.0 Å². The maximum atomic E-state index is 12.5. The first-order chi connectivity index (χ1) is 10.5. The third-order valence-corrected chi connectivity index (χ3v) is 4.91. The molecule has 1 aliphatic carbocycles. The van der Waals surface area contributed by atoms with Crippen LogP contribution in [0.5, 0.6) is 0 Å². The van der Waals surface area contributed by atoms with Crippen molar-refractivity contribution in [1.29, 1.82) is 0 Å². The quantitative estimate of drug-likeness (QED) is 0.834. The van der Waals surface area contributed by atoms with Crippen LogP contribution in [0, 0.1) is 6.92 Å². The van der Waals surface area contributed by atoms with Gasteiger partial charge in [0.25, 0.3) is 0 Å². The largest absolute Gasteiger partial charge is 0.337 e. The van der Waals surface area contributed by atoms with Crippen LogP contribution >= 0.6 is 11.3 Å². The molecular formula is C18H22N2OS. The summed E-state index contributed by atoms with van der Waals surface area (Å²) in [5.74, 6) is 0.207. The van der Waals surface area contributed by atoms with E-state index >= 15 is 0 Å². The Morgan fingerprint density at radius 2 is 2.00 bits per heavy atom. The second-order valence-corrected chi connectivity index (χ2v) is 7.17. The first-order valence-corrected chi connectivity index (χ1v) is 8.75. The Morgan fingerprint density at radius 1 is 1.32 bits per heavy atom.